The van der Waals surface area contributed by atoms with Crippen molar-refractivity contribution in [2.75, 3.05) is 6.54 Å². The van der Waals surface area contributed by atoms with Gasteiger partial charge < -0.3 is 10.2 Å². The number of aliphatic hydroxyl groups is 1. The Hall–Kier alpha value is -3.02. The van der Waals surface area contributed by atoms with Crippen LogP contribution in [0.4, 0.5) is 4.39 Å². The molecule has 3 aromatic carbocycles. The first kappa shape index (κ1) is 18.0. The van der Waals surface area contributed by atoms with Crippen LogP contribution < -0.4 is 0 Å². The van der Waals surface area contributed by atoms with E-state index in [0.717, 1.165) is 27.8 Å². The van der Waals surface area contributed by atoms with Crippen LogP contribution >= 0.6 is 0 Å². The van der Waals surface area contributed by atoms with Gasteiger partial charge in [0.15, 0.2) is 6.17 Å². The first-order valence-electron chi connectivity index (χ1n) is 9.63. The highest BCUT2D eigenvalue weighted by molar-refractivity contribution is 5.84. The van der Waals surface area contributed by atoms with Gasteiger partial charge in [-0.05, 0) is 27.8 Å². The highest BCUT2D eigenvalue weighted by Gasteiger charge is 2.58. The summed E-state index contributed by atoms with van der Waals surface area (Å²) in [6.45, 7) is -0.0737. The van der Waals surface area contributed by atoms with Crippen LogP contribution in [0.1, 0.15) is 16.7 Å². The Balaban J connectivity index is 1.89. The van der Waals surface area contributed by atoms with E-state index >= 15 is 0 Å². The molecular formula is C24H20FNO3. The Morgan fingerprint density at radius 2 is 1.41 bits per heavy atom. The zero-order chi connectivity index (χ0) is 20.2. The molecule has 146 valence electrons. The number of likely N-dealkylation sites (tertiary alicyclic amines) is 1. The third kappa shape index (κ3) is 2.35. The normalized spacial score (nSPS) is 24.8. The van der Waals surface area contributed by atoms with E-state index in [1.54, 1.807) is 4.90 Å². The number of alkyl halides is 1. The molecule has 0 saturated carbocycles. The molecule has 5 heteroatoms. The zero-order valence-electron chi connectivity index (χ0n) is 15.6. The minimum atomic E-state index is -1.87. The van der Waals surface area contributed by atoms with E-state index in [1.807, 2.05) is 78.9 Å². The Kier molecular flexibility index (Phi) is 4.05. The lowest BCUT2D eigenvalue weighted by Gasteiger charge is -2.43. The van der Waals surface area contributed by atoms with E-state index in [9.17, 15) is 19.4 Å². The average molecular weight is 389 g/mol. The first-order valence-corrected chi connectivity index (χ1v) is 9.63. The molecule has 0 spiro atoms. The topological polar surface area (TPSA) is 60.8 Å². The van der Waals surface area contributed by atoms with Crippen LogP contribution in [0.25, 0.3) is 11.1 Å². The van der Waals surface area contributed by atoms with Crippen LogP contribution in [-0.2, 0) is 10.3 Å². The predicted molar refractivity (Wildman–Crippen MR) is 107 cm³/mol. The Labute approximate surface area is 167 Å². The van der Waals surface area contributed by atoms with E-state index in [-0.39, 0.29) is 6.54 Å². The minimum Gasteiger partial charge on any atom is -0.480 e. The second kappa shape index (κ2) is 6.51. The molecule has 0 bridgehead atoms. The van der Waals surface area contributed by atoms with Crippen molar-refractivity contribution in [2.24, 2.45) is 0 Å². The smallest absolute Gasteiger partial charge is 0.324 e. The van der Waals surface area contributed by atoms with Crippen molar-refractivity contribution in [3.05, 3.63) is 95.6 Å². The summed E-state index contributed by atoms with van der Waals surface area (Å²) in [4.78, 5) is 13.8. The fourth-order valence-corrected chi connectivity index (χ4v) is 5.09. The standard InChI is InChI=1S/C24H20FNO3/c25-21-20(27)14-26(22(21)23(28)29)24(15-8-2-1-3-9-15)18-12-6-4-10-16(18)17-11-5-7-13-19(17)24/h1-13,20-22,27H,14H2,(H,28,29)/t20-,21+,22-/m0/s1. The second-order valence-corrected chi connectivity index (χ2v) is 7.61. The molecule has 4 nitrogen and oxygen atoms in total. The summed E-state index contributed by atoms with van der Waals surface area (Å²) >= 11 is 0. The van der Waals surface area contributed by atoms with Crippen molar-refractivity contribution in [1.82, 2.24) is 4.90 Å². The van der Waals surface area contributed by atoms with E-state index in [2.05, 4.69) is 0 Å². The maximum absolute atomic E-state index is 14.9. The van der Waals surface area contributed by atoms with Gasteiger partial charge in [0.2, 0.25) is 0 Å². The summed E-state index contributed by atoms with van der Waals surface area (Å²) in [5.74, 6) is -1.27. The molecule has 2 N–H and O–H groups in total. The molecule has 0 amide bonds. The van der Waals surface area contributed by atoms with E-state index in [4.69, 9.17) is 0 Å². The largest absolute Gasteiger partial charge is 0.480 e. The highest BCUT2D eigenvalue weighted by atomic mass is 19.1. The van der Waals surface area contributed by atoms with Crippen molar-refractivity contribution < 1.29 is 19.4 Å². The summed E-state index contributed by atoms with van der Waals surface area (Å²) in [6.07, 6.45) is -3.23. The maximum Gasteiger partial charge on any atom is 0.324 e. The van der Waals surface area contributed by atoms with Gasteiger partial charge in [0.1, 0.15) is 12.1 Å². The van der Waals surface area contributed by atoms with Gasteiger partial charge in [-0.1, -0.05) is 78.9 Å². The Bertz CT molecular complexity index is 1040. The number of fused-ring (bicyclic) bond motifs is 3. The number of halogens is 1. The molecule has 29 heavy (non-hydrogen) atoms. The Morgan fingerprint density at radius 1 is 0.897 bits per heavy atom. The van der Waals surface area contributed by atoms with Gasteiger partial charge in [-0.3, -0.25) is 9.69 Å². The monoisotopic (exact) mass is 389 g/mol. The molecule has 1 heterocycles. The van der Waals surface area contributed by atoms with Gasteiger partial charge in [0.05, 0.1) is 5.54 Å². The summed E-state index contributed by atoms with van der Waals surface area (Å²) in [5.41, 5.74) is 3.64. The molecule has 0 aromatic heterocycles. The van der Waals surface area contributed by atoms with Crippen molar-refractivity contribution >= 4 is 5.97 Å². The summed E-state index contributed by atoms with van der Waals surface area (Å²) in [7, 11) is 0. The Morgan fingerprint density at radius 3 is 1.97 bits per heavy atom. The number of aliphatic hydroxyl groups excluding tert-OH is 1. The number of hydrogen-bond acceptors (Lipinski definition) is 3. The molecule has 3 atom stereocenters. The van der Waals surface area contributed by atoms with E-state index in [1.165, 1.54) is 0 Å². The van der Waals surface area contributed by atoms with Gasteiger partial charge in [-0.2, -0.15) is 0 Å². The molecule has 1 aliphatic carbocycles. The lowest BCUT2D eigenvalue weighted by atomic mass is 9.78. The molecule has 1 saturated heterocycles. The van der Waals surface area contributed by atoms with Crippen molar-refractivity contribution in [1.29, 1.82) is 0 Å². The SMILES string of the molecule is O=C(O)[C@@H]1[C@H](F)[C@@H](O)CN1C1(c2ccccc2)c2ccccc2-c2ccccc21. The van der Waals surface area contributed by atoms with Crippen LogP contribution in [0.15, 0.2) is 78.9 Å². The summed E-state index contributed by atoms with van der Waals surface area (Å²) in [6, 6.07) is 23.8. The minimum absolute atomic E-state index is 0.0737. The van der Waals surface area contributed by atoms with Gasteiger partial charge in [-0.15, -0.1) is 0 Å². The highest BCUT2D eigenvalue weighted by Crippen LogP contribution is 2.56. The molecule has 2 aliphatic rings. The fraction of sp³-hybridized carbons (Fsp3) is 0.208. The van der Waals surface area contributed by atoms with Gasteiger partial charge in [-0.25, -0.2) is 4.39 Å². The first-order chi connectivity index (χ1) is 14.1. The number of benzene rings is 3. The molecular weight excluding hydrogens is 369 g/mol. The van der Waals surface area contributed by atoms with Crippen LogP contribution in [0.3, 0.4) is 0 Å². The quantitative estimate of drug-likeness (QED) is 0.721. The predicted octanol–water partition coefficient (Wildman–Crippen LogP) is 3.43. The average Bonchev–Trinajstić information content (AvgIpc) is 3.21. The van der Waals surface area contributed by atoms with E-state index < -0.39 is 29.8 Å². The van der Waals surface area contributed by atoms with Crippen molar-refractivity contribution in [3.63, 3.8) is 0 Å². The van der Waals surface area contributed by atoms with Crippen molar-refractivity contribution in [3.8, 4) is 11.1 Å². The number of carboxylic acids is 1. The second-order valence-electron chi connectivity index (χ2n) is 7.61. The third-order valence-electron chi connectivity index (χ3n) is 6.19. The summed E-state index contributed by atoms with van der Waals surface area (Å²) < 4.78 is 14.9. The number of hydrogen-bond donors (Lipinski definition) is 2. The number of carbonyl (C=O) groups is 1. The third-order valence-corrected chi connectivity index (χ3v) is 6.19. The molecule has 0 radical (unpaired) electrons. The molecule has 5 rings (SSSR count). The lowest BCUT2D eigenvalue weighted by molar-refractivity contribution is -0.145. The fourth-order valence-electron chi connectivity index (χ4n) is 5.09. The number of β-amino-alcohol motifs (C(OH)–C–C–N with tert-alkyl or cyclic N) is 1. The molecule has 1 aliphatic heterocycles. The van der Waals surface area contributed by atoms with Crippen LogP contribution in [0.2, 0.25) is 0 Å². The number of aliphatic carboxylic acids is 1. The van der Waals surface area contributed by atoms with Crippen LogP contribution in [0.5, 0.6) is 0 Å². The van der Waals surface area contributed by atoms with E-state index in [0.29, 0.717) is 0 Å². The van der Waals surface area contributed by atoms with Gasteiger partial charge >= 0.3 is 5.97 Å². The van der Waals surface area contributed by atoms with Crippen LogP contribution in [0, 0.1) is 0 Å². The number of nitrogens with zero attached hydrogens (tertiary/aromatic N) is 1. The maximum atomic E-state index is 14.9. The zero-order valence-corrected chi connectivity index (χ0v) is 15.6. The lowest BCUT2D eigenvalue weighted by Crippen LogP contribution is -2.53. The number of carboxylic acid groups (broad SMARTS) is 1. The van der Waals surface area contributed by atoms with Crippen molar-refractivity contribution in [2.45, 2.75) is 23.9 Å². The van der Waals surface area contributed by atoms with Gasteiger partial charge in [0.25, 0.3) is 0 Å². The van der Waals surface area contributed by atoms with Crippen LogP contribution in [-0.4, -0.2) is 45.9 Å². The molecule has 0 unspecified atom stereocenters. The molecule has 3 aromatic rings. The molecule has 1 fully saturated rings. The van der Waals surface area contributed by atoms with Gasteiger partial charge in [0, 0.05) is 6.54 Å². The summed E-state index contributed by atoms with van der Waals surface area (Å²) in [5, 5.41) is 20.2. The number of rotatable bonds is 3.